The van der Waals surface area contributed by atoms with E-state index in [1.165, 1.54) is 0 Å². The predicted octanol–water partition coefficient (Wildman–Crippen LogP) is 3.78. The molecule has 2 aromatic heterocycles. The number of hydrogen-bond donors (Lipinski definition) is 0. The largest absolute Gasteiger partial charge is 0.297 e. The third kappa shape index (κ3) is 2.73. The first-order chi connectivity index (χ1) is 12.6. The maximum atomic E-state index is 12.9. The van der Waals surface area contributed by atoms with Crippen LogP contribution in [0.15, 0.2) is 76.6 Å². The minimum absolute atomic E-state index is 0.130. The minimum Gasteiger partial charge on any atom is -0.283 e. The Labute approximate surface area is 150 Å². The Kier molecular flexibility index (Phi) is 3.97. The molecule has 0 atom stereocenters. The molecular formula is C21H18N4O. The number of aromatic nitrogens is 3. The highest BCUT2D eigenvalue weighted by Gasteiger charge is 2.14. The van der Waals surface area contributed by atoms with Gasteiger partial charge in [-0.1, -0.05) is 30.3 Å². The number of fused-ring (bicyclic) bond motifs is 1. The van der Waals surface area contributed by atoms with Crippen LogP contribution in [0.3, 0.4) is 0 Å². The third-order valence-corrected chi connectivity index (χ3v) is 4.49. The molecule has 26 heavy (non-hydrogen) atoms. The van der Waals surface area contributed by atoms with Gasteiger partial charge in [-0.15, -0.1) is 0 Å². The summed E-state index contributed by atoms with van der Waals surface area (Å²) in [7, 11) is 1.87. The van der Waals surface area contributed by atoms with Gasteiger partial charge in [0, 0.05) is 24.8 Å². The second-order valence-corrected chi connectivity index (χ2v) is 6.12. The molecule has 0 fully saturated rings. The van der Waals surface area contributed by atoms with Crippen LogP contribution in [0.4, 0.5) is 5.69 Å². The maximum Gasteiger partial charge on any atom is 0.297 e. The van der Waals surface area contributed by atoms with E-state index in [1.807, 2.05) is 79.3 Å². The summed E-state index contributed by atoms with van der Waals surface area (Å²) in [5, 5.41) is 1.04. The van der Waals surface area contributed by atoms with E-state index < -0.39 is 0 Å². The molecule has 5 heteroatoms. The van der Waals surface area contributed by atoms with Crippen LogP contribution in [-0.4, -0.2) is 20.6 Å². The fourth-order valence-electron chi connectivity index (χ4n) is 3.02. The zero-order valence-corrected chi connectivity index (χ0v) is 14.6. The first-order valence-electron chi connectivity index (χ1n) is 8.38. The first-order valence-corrected chi connectivity index (χ1v) is 8.38. The molecule has 0 N–H and O–H groups in total. The Morgan fingerprint density at radius 2 is 1.85 bits per heavy atom. The smallest absolute Gasteiger partial charge is 0.283 e. The second kappa shape index (κ2) is 6.44. The molecule has 4 rings (SSSR count). The summed E-state index contributed by atoms with van der Waals surface area (Å²) in [5.74, 6) is 0. The molecule has 0 amide bonds. The van der Waals surface area contributed by atoms with Gasteiger partial charge in [-0.2, -0.15) is 0 Å². The molecule has 128 valence electrons. The van der Waals surface area contributed by atoms with Gasteiger partial charge in [0.25, 0.3) is 5.56 Å². The number of rotatable bonds is 3. The molecule has 0 saturated carbocycles. The van der Waals surface area contributed by atoms with E-state index in [4.69, 9.17) is 0 Å². The lowest BCUT2D eigenvalue weighted by atomic mass is 10.1. The van der Waals surface area contributed by atoms with Gasteiger partial charge in [0.1, 0.15) is 0 Å². The van der Waals surface area contributed by atoms with E-state index in [-0.39, 0.29) is 5.56 Å². The molecule has 4 aromatic rings. The van der Waals surface area contributed by atoms with Crippen LogP contribution in [0, 0.1) is 6.92 Å². The van der Waals surface area contributed by atoms with Crippen molar-refractivity contribution in [2.24, 2.45) is 12.0 Å². The summed E-state index contributed by atoms with van der Waals surface area (Å²) in [5.41, 5.74) is 3.82. The molecule has 0 spiro atoms. The van der Waals surface area contributed by atoms with Crippen molar-refractivity contribution in [3.8, 4) is 5.69 Å². The Hall–Kier alpha value is -3.47. The van der Waals surface area contributed by atoms with Crippen molar-refractivity contribution in [3.05, 3.63) is 88.5 Å². The van der Waals surface area contributed by atoms with E-state index in [0.29, 0.717) is 5.69 Å². The van der Waals surface area contributed by atoms with Crippen LogP contribution in [0.25, 0.3) is 16.6 Å². The highest BCUT2D eigenvalue weighted by Crippen LogP contribution is 2.17. The maximum absolute atomic E-state index is 12.9. The fourth-order valence-corrected chi connectivity index (χ4v) is 3.02. The molecule has 0 unspecified atom stereocenters. The molecule has 2 aromatic carbocycles. The Morgan fingerprint density at radius 1 is 1.04 bits per heavy atom. The summed E-state index contributed by atoms with van der Waals surface area (Å²) >= 11 is 0. The Bertz CT molecular complexity index is 1170. The van der Waals surface area contributed by atoms with E-state index in [9.17, 15) is 4.79 Å². The van der Waals surface area contributed by atoms with Crippen molar-refractivity contribution in [2.75, 3.05) is 0 Å². The fraction of sp³-hybridized carbons (Fsp3) is 0.0952. The van der Waals surface area contributed by atoms with Gasteiger partial charge in [-0.05, 0) is 42.8 Å². The van der Waals surface area contributed by atoms with Crippen molar-refractivity contribution in [3.63, 3.8) is 0 Å². The quantitative estimate of drug-likeness (QED) is 0.532. The normalized spacial score (nSPS) is 11.5. The summed E-state index contributed by atoms with van der Waals surface area (Å²) < 4.78 is 3.46. The Balaban J connectivity index is 1.76. The van der Waals surface area contributed by atoms with Crippen LogP contribution in [0.5, 0.6) is 0 Å². The number of para-hydroxylation sites is 1. The summed E-state index contributed by atoms with van der Waals surface area (Å²) in [6.07, 6.45) is 3.50. The van der Waals surface area contributed by atoms with Crippen molar-refractivity contribution in [2.45, 2.75) is 6.92 Å². The predicted molar refractivity (Wildman–Crippen MR) is 105 cm³/mol. The summed E-state index contributed by atoms with van der Waals surface area (Å²) in [4.78, 5) is 21.7. The van der Waals surface area contributed by atoms with Gasteiger partial charge in [-0.3, -0.25) is 14.5 Å². The van der Waals surface area contributed by atoms with Crippen LogP contribution in [-0.2, 0) is 7.05 Å². The first kappa shape index (κ1) is 16.0. The van der Waals surface area contributed by atoms with Gasteiger partial charge in [-0.25, -0.2) is 9.67 Å². The topological polar surface area (TPSA) is 52.2 Å². The molecule has 0 aliphatic heterocycles. The monoisotopic (exact) mass is 342 g/mol. The number of hydrogen-bond acceptors (Lipinski definition) is 3. The zero-order chi connectivity index (χ0) is 18.1. The van der Waals surface area contributed by atoms with E-state index >= 15 is 0 Å². The number of pyridine rings is 1. The SMILES string of the molecule is Cc1c(N=Cc2ccc3ncccc3c2)c(=O)n(-c2ccccc2)n1C. The molecular weight excluding hydrogens is 324 g/mol. The average Bonchev–Trinajstić information content (AvgIpc) is 2.89. The van der Waals surface area contributed by atoms with Crippen LogP contribution < -0.4 is 5.56 Å². The van der Waals surface area contributed by atoms with Crippen LogP contribution >= 0.6 is 0 Å². The number of nitrogens with zero attached hydrogens (tertiary/aromatic N) is 4. The number of benzene rings is 2. The molecule has 0 radical (unpaired) electrons. The molecule has 0 aliphatic rings. The van der Waals surface area contributed by atoms with Crippen molar-refractivity contribution in [1.29, 1.82) is 0 Å². The van der Waals surface area contributed by atoms with Gasteiger partial charge in [0.05, 0.1) is 16.9 Å². The molecule has 0 aliphatic carbocycles. The van der Waals surface area contributed by atoms with Crippen molar-refractivity contribution >= 4 is 22.8 Å². The molecule has 2 heterocycles. The van der Waals surface area contributed by atoms with Gasteiger partial charge in [0.15, 0.2) is 5.69 Å². The third-order valence-electron chi connectivity index (χ3n) is 4.49. The zero-order valence-electron chi connectivity index (χ0n) is 14.6. The number of aliphatic imine (C=N–C) groups is 1. The highest BCUT2D eigenvalue weighted by molar-refractivity contribution is 5.89. The van der Waals surface area contributed by atoms with Crippen LogP contribution in [0.1, 0.15) is 11.3 Å². The van der Waals surface area contributed by atoms with Crippen LogP contribution in [0.2, 0.25) is 0 Å². The van der Waals surface area contributed by atoms with Crippen molar-refractivity contribution in [1.82, 2.24) is 14.3 Å². The van der Waals surface area contributed by atoms with Crippen molar-refractivity contribution < 1.29 is 0 Å². The van der Waals surface area contributed by atoms with Gasteiger partial charge >= 0.3 is 0 Å². The molecule has 0 saturated heterocycles. The average molecular weight is 342 g/mol. The molecule has 0 bridgehead atoms. The standard InChI is InChI=1S/C21H18N4O/c1-15-20(21(26)25(24(15)2)18-8-4-3-5-9-18)23-14-16-10-11-19-17(13-16)7-6-12-22-19/h3-14H,1-2H3. The molecule has 5 nitrogen and oxygen atoms in total. The lowest BCUT2D eigenvalue weighted by molar-refractivity contribution is 0.630. The van der Waals surface area contributed by atoms with E-state index in [1.54, 1.807) is 17.1 Å². The van der Waals surface area contributed by atoms with E-state index in [0.717, 1.165) is 27.8 Å². The Morgan fingerprint density at radius 3 is 2.65 bits per heavy atom. The lowest BCUT2D eigenvalue weighted by Gasteiger charge is -2.07. The van der Waals surface area contributed by atoms with Gasteiger partial charge < -0.3 is 0 Å². The van der Waals surface area contributed by atoms with E-state index in [2.05, 4.69) is 9.98 Å². The summed E-state index contributed by atoms with van der Waals surface area (Å²) in [6, 6.07) is 19.4. The highest BCUT2D eigenvalue weighted by atomic mass is 16.1. The summed E-state index contributed by atoms with van der Waals surface area (Å²) in [6.45, 7) is 1.90. The van der Waals surface area contributed by atoms with Gasteiger partial charge in [0.2, 0.25) is 0 Å². The second-order valence-electron chi connectivity index (χ2n) is 6.12. The minimum atomic E-state index is -0.130. The lowest BCUT2D eigenvalue weighted by Crippen LogP contribution is -2.19.